The Labute approximate surface area is 527 Å². The van der Waals surface area contributed by atoms with Crippen molar-refractivity contribution >= 4 is 95.4 Å². The van der Waals surface area contributed by atoms with E-state index < -0.39 is 42.9 Å². The summed E-state index contributed by atoms with van der Waals surface area (Å²) in [4.78, 5) is 43.1. The van der Waals surface area contributed by atoms with Crippen molar-refractivity contribution in [1.82, 2.24) is 19.8 Å². The molecular formula is C62H89BF3IN10O8S. The summed E-state index contributed by atoms with van der Waals surface area (Å²) in [6, 6.07) is 20.4. The lowest BCUT2D eigenvalue weighted by Crippen LogP contribution is -2.41. The second-order valence-corrected chi connectivity index (χ2v) is 25.7. The Morgan fingerprint density at radius 1 is 0.640 bits per heavy atom. The van der Waals surface area contributed by atoms with Crippen LogP contribution in [0.4, 0.5) is 57.4 Å². The number of nitrogens with one attached hydrogen (secondary N) is 4. The van der Waals surface area contributed by atoms with E-state index in [0.29, 0.717) is 50.4 Å². The Morgan fingerprint density at radius 2 is 1.14 bits per heavy atom. The SMILES string of the molecule is CC[C@@H]1CCN(C(=O)Nc2ccc(C)c(-c3cc(N[C@H]4CCCOC4)nc(N4CCOCC4)c3)c2)C1.Cc1ccc(NC(=O)N2CC[C@@H](CC(F)(F)F)C2)cc1B1OC(C)(C)C(C)(C)O1.Ic1cc(N[C@H]2CCCOC2)nc(N2CCOCC2)c1.S. The van der Waals surface area contributed by atoms with Gasteiger partial charge in [-0.15, -0.1) is 0 Å². The number of hydrogen-bond donors (Lipinski definition) is 4. The number of aromatic nitrogens is 2. The summed E-state index contributed by atoms with van der Waals surface area (Å²) in [7, 11) is -0.556. The number of alkyl halides is 3. The first kappa shape index (κ1) is 67.1. The Bertz CT molecular complexity index is 2860. The predicted molar refractivity (Wildman–Crippen MR) is 348 cm³/mol. The number of aryl methyl sites for hydroxylation is 2. The normalized spacial score (nSPS) is 22.8. The molecule has 0 radical (unpaired) electrons. The summed E-state index contributed by atoms with van der Waals surface area (Å²) in [5.74, 6) is 3.88. The van der Waals surface area contributed by atoms with Crippen LogP contribution in [-0.2, 0) is 28.3 Å². The van der Waals surface area contributed by atoms with Gasteiger partial charge in [-0.1, -0.05) is 31.0 Å². The maximum atomic E-state index is 12.9. The van der Waals surface area contributed by atoms with Gasteiger partial charge in [0.25, 0.3) is 0 Å². The van der Waals surface area contributed by atoms with Crippen molar-refractivity contribution in [3.05, 3.63) is 75.4 Å². The van der Waals surface area contributed by atoms with E-state index in [1.165, 1.54) is 8.47 Å². The molecule has 472 valence electrons. The number of amides is 4. The summed E-state index contributed by atoms with van der Waals surface area (Å²) in [5, 5.41) is 13.0. The predicted octanol–water partition coefficient (Wildman–Crippen LogP) is 11.1. The maximum absolute atomic E-state index is 12.9. The van der Waals surface area contributed by atoms with Crippen molar-refractivity contribution in [2.75, 3.05) is 136 Å². The quantitative estimate of drug-likeness (QED) is 0.0778. The first-order chi connectivity index (χ1) is 40.7. The number of morpholine rings is 2. The second-order valence-electron chi connectivity index (χ2n) is 24.4. The summed E-state index contributed by atoms with van der Waals surface area (Å²) in [6.07, 6.45) is 1.93. The van der Waals surface area contributed by atoms with Gasteiger partial charge in [-0.3, -0.25) is 0 Å². The van der Waals surface area contributed by atoms with Crippen LogP contribution in [0.25, 0.3) is 11.1 Å². The molecule has 4 amide bonds. The minimum absolute atomic E-state index is 0. The van der Waals surface area contributed by atoms with Crippen molar-refractivity contribution in [3.8, 4) is 11.1 Å². The van der Waals surface area contributed by atoms with E-state index in [1.54, 1.807) is 12.1 Å². The molecule has 0 saturated carbocycles. The number of anilines is 6. The van der Waals surface area contributed by atoms with Gasteiger partial charge in [-0.05, 0) is 185 Å². The fourth-order valence-electron chi connectivity index (χ4n) is 11.6. The average Bonchev–Trinajstić information content (AvgIpc) is 2.32. The molecule has 4 atom stereocenters. The molecule has 18 nitrogen and oxygen atoms in total. The molecular weight excluding hydrogens is 1240 g/mol. The molecule has 2 aromatic heterocycles. The number of likely N-dealkylation sites (tertiary alicyclic amines) is 2. The van der Waals surface area contributed by atoms with Crippen LogP contribution >= 0.6 is 36.1 Å². The lowest BCUT2D eigenvalue weighted by atomic mass is 9.76. The fourth-order valence-corrected chi connectivity index (χ4v) is 12.1. The van der Waals surface area contributed by atoms with Crippen LogP contribution < -0.4 is 36.5 Å². The topological polar surface area (TPSA) is 176 Å². The molecule has 4 N–H and O–H groups in total. The Morgan fingerprint density at radius 3 is 1.65 bits per heavy atom. The van der Waals surface area contributed by atoms with Crippen molar-refractivity contribution in [2.45, 2.75) is 129 Å². The first-order valence-corrected chi connectivity index (χ1v) is 31.5. The van der Waals surface area contributed by atoms with E-state index in [2.05, 4.69) is 104 Å². The number of urea groups is 2. The van der Waals surface area contributed by atoms with Gasteiger partial charge in [-0.2, -0.15) is 26.7 Å². The van der Waals surface area contributed by atoms with E-state index in [0.717, 1.165) is 168 Å². The zero-order valence-corrected chi connectivity index (χ0v) is 54.2. The van der Waals surface area contributed by atoms with Crippen molar-refractivity contribution in [3.63, 3.8) is 0 Å². The molecule has 7 aliphatic heterocycles. The molecule has 7 aliphatic rings. The van der Waals surface area contributed by atoms with E-state index in [-0.39, 0.29) is 32.1 Å². The van der Waals surface area contributed by atoms with Gasteiger partial charge in [-0.25, -0.2) is 19.6 Å². The number of ether oxygens (including phenoxy) is 4. The minimum atomic E-state index is -4.20. The number of pyridine rings is 2. The van der Waals surface area contributed by atoms with Crippen molar-refractivity contribution in [1.29, 1.82) is 0 Å². The number of hydrogen-bond acceptors (Lipinski definition) is 14. The smallest absolute Gasteiger partial charge is 0.399 e. The zero-order chi connectivity index (χ0) is 60.3. The van der Waals surface area contributed by atoms with Crippen LogP contribution in [0.5, 0.6) is 0 Å². The van der Waals surface area contributed by atoms with Gasteiger partial charge in [0.1, 0.15) is 23.3 Å². The highest BCUT2D eigenvalue weighted by Crippen LogP contribution is 2.38. The third kappa shape index (κ3) is 18.6. The van der Waals surface area contributed by atoms with Crippen molar-refractivity contribution < 1.29 is 51.0 Å². The molecule has 0 aliphatic carbocycles. The number of nitrogens with zero attached hydrogens (tertiary/aromatic N) is 6. The second kappa shape index (κ2) is 30.6. The Hall–Kier alpha value is -4.83. The van der Waals surface area contributed by atoms with Gasteiger partial charge in [0.15, 0.2) is 0 Å². The van der Waals surface area contributed by atoms with Gasteiger partial charge >= 0.3 is 25.4 Å². The Balaban J connectivity index is 0.000000173. The fraction of sp³-hybridized carbons (Fsp3) is 0.613. The average molecular weight is 1330 g/mol. The molecule has 86 heavy (non-hydrogen) atoms. The summed E-state index contributed by atoms with van der Waals surface area (Å²) in [5.41, 5.74) is 5.55. The number of halogens is 4. The lowest BCUT2D eigenvalue weighted by molar-refractivity contribution is -0.143. The number of carbonyl (C=O) groups is 2. The largest absolute Gasteiger partial charge is 0.495 e. The third-order valence-corrected chi connectivity index (χ3v) is 18.0. The number of carbonyl (C=O) groups excluding carboxylic acids is 2. The van der Waals surface area contributed by atoms with E-state index in [1.807, 2.05) is 51.7 Å². The molecule has 2 aromatic carbocycles. The highest BCUT2D eigenvalue weighted by atomic mass is 127. The van der Waals surface area contributed by atoms with Crippen LogP contribution in [0.15, 0.2) is 60.7 Å². The first-order valence-electron chi connectivity index (χ1n) is 30.5. The van der Waals surface area contributed by atoms with Gasteiger partial charge in [0.05, 0.1) is 62.9 Å². The summed E-state index contributed by atoms with van der Waals surface area (Å²) < 4.78 is 73.3. The molecule has 9 heterocycles. The summed E-state index contributed by atoms with van der Waals surface area (Å²) in [6.45, 7) is 25.9. The Kier molecular flexibility index (Phi) is 23.9. The van der Waals surface area contributed by atoms with Crippen LogP contribution in [-0.4, -0.2) is 174 Å². The van der Waals surface area contributed by atoms with Crippen LogP contribution in [0.1, 0.15) is 97.1 Å². The molecule has 24 heteroatoms. The van der Waals surface area contributed by atoms with Crippen molar-refractivity contribution in [2.24, 2.45) is 11.8 Å². The molecule has 0 unspecified atom stereocenters. The molecule has 7 fully saturated rings. The van der Waals surface area contributed by atoms with Gasteiger partial charge in [0, 0.05) is 86.9 Å². The third-order valence-electron chi connectivity index (χ3n) is 17.4. The van der Waals surface area contributed by atoms with Gasteiger partial charge in [0.2, 0.25) is 0 Å². The van der Waals surface area contributed by atoms with Gasteiger partial charge < -0.3 is 69.1 Å². The van der Waals surface area contributed by atoms with E-state index in [9.17, 15) is 22.8 Å². The highest BCUT2D eigenvalue weighted by Gasteiger charge is 2.52. The molecule has 4 aromatic rings. The van der Waals surface area contributed by atoms with E-state index in [4.69, 9.17) is 38.2 Å². The monoisotopic (exact) mass is 1330 g/mol. The number of benzene rings is 2. The molecule has 0 spiro atoms. The highest BCUT2D eigenvalue weighted by molar-refractivity contribution is 14.1. The van der Waals surface area contributed by atoms with Crippen LogP contribution in [0, 0.1) is 29.3 Å². The standard InChI is InChI=1S/C28H39N5O3.C20H28BF3N2O3.C14H20IN3O2.H2S/c1-3-21-8-9-33(18-21)28(34)30-23-7-6-20(2)25(17-23)22-15-26(29-24-5-4-12-36-19-24)31-27(16-22)32-10-13-35-14-11-32;1-13-6-7-15(10-16(13)21-28-18(2,3)19(4,5)29-21)25-17(27)26-9-8-14(12-26)11-20(22,23)24;15-11-8-13(16-12-2-1-5-20-10-12)17-14(9-11)18-3-6-19-7-4-18;/h6-7,15-17,21,24H,3-5,8-14,18-19H2,1-2H3,(H,29,31)(H,30,34);6-7,10,14H,8-9,11-12H2,1-5H3,(H,25,27);8-9,12H,1-7,10H2,(H,16,17);1H2/t21-,24+;14-;12-;/m100./s1. The summed E-state index contributed by atoms with van der Waals surface area (Å²) >= 11 is 2.35. The molecule has 11 rings (SSSR count). The van der Waals surface area contributed by atoms with Crippen LogP contribution in [0.2, 0.25) is 0 Å². The molecule has 7 saturated heterocycles. The maximum Gasteiger partial charge on any atom is 0.495 e. The number of rotatable bonds is 12. The van der Waals surface area contributed by atoms with E-state index >= 15 is 0 Å². The van der Waals surface area contributed by atoms with Crippen LogP contribution in [0.3, 0.4) is 0 Å². The minimum Gasteiger partial charge on any atom is -0.399 e. The molecule has 0 bridgehead atoms. The lowest BCUT2D eigenvalue weighted by Gasteiger charge is -2.32. The zero-order valence-electron chi connectivity index (χ0n) is 51.1.